The first-order valence-electron chi connectivity index (χ1n) is 9.73. The van der Waals surface area contributed by atoms with Crippen molar-refractivity contribution in [2.45, 2.75) is 0 Å². The third kappa shape index (κ3) is 4.15. The SMILES string of the molecule is COCCN1C(=O)/C(=C/c2ccc(OC)c(OC)c2OC)C(=O)N(c2ccccc2)C1=O. The second-order valence-corrected chi connectivity index (χ2v) is 6.69. The monoisotopic (exact) mass is 440 g/mol. The molecule has 0 atom stereocenters. The van der Waals surface area contributed by atoms with Gasteiger partial charge in [-0.1, -0.05) is 18.2 Å². The molecule has 0 radical (unpaired) electrons. The number of rotatable bonds is 8. The van der Waals surface area contributed by atoms with Gasteiger partial charge in [-0.15, -0.1) is 0 Å². The summed E-state index contributed by atoms with van der Waals surface area (Å²) < 4.78 is 21.2. The third-order valence-corrected chi connectivity index (χ3v) is 4.90. The van der Waals surface area contributed by atoms with Crippen molar-refractivity contribution in [1.29, 1.82) is 0 Å². The van der Waals surface area contributed by atoms with Crippen molar-refractivity contribution in [3.05, 3.63) is 53.6 Å². The van der Waals surface area contributed by atoms with E-state index < -0.39 is 17.8 Å². The number of imide groups is 2. The molecule has 0 unspecified atom stereocenters. The number of ether oxygens (including phenoxy) is 4. The molecule has 168 valence electrons. The van der Waals surface area contributed by atoms with Crippen LogP contribution in [0.5, 0.6) is 17.2 Å². The van der Waals surface area contributed by atoms with E-state index in [4.69, 9.17) is 18.9 Å². The number of methoxy groups -OCH3 is 4. The van der Waals surface area contributed by atoms with Crippen LogP contribution in [0.3, 0.4) is 0 Å². The zero-order chi connectivity index (χ0) is 23.3. The molecule has 1 heterocycles. The van der Waals surface area contributed by atoms with Crippen molar-refractivity contribution in [3.63, 3.8) is 0 Å². The fraction of sp³-hybridized carbons (Fsp3) is 0.261. The van der Waals surface area contributed by atoms with Gasteiger partial charge >= 0.3 is 6.03 Å². The lowest BCUT2D eigenvalue weighted by Gasteiger charge is -2.33. The van der Waals surface area contributed by atoms with E-state index in [1.54, 1.807) is 42.5 Å². The average Bonchev–Trinajstić information content (AvgIpc) is 2.81. The molecule has 1 aliphatic heterocycles. The molecule has 1 aliphatic rings. The van der Waals surface area contributed by atoms with E-state index in [-0.39, 0.29) is 24.5 Å². The molecule has 0 bridgehead atoms. The summed E-state index contributed by atoms with van der Waals surface area (Å²) in [6, 6.07) is 10.9. The van der Waals surface area contributed by atoms with E-state index in [9.17, 15) is 14.4 Å². The van der Waals surface area contributed by atoms with Crippen LogP contribution in [0, 0.1) is 0 Å². The van der Waals surface area contributed by atoms with Crippen LogP contribution in [0.4, 0.5) is 10.5 Å². The molecule has 0 saturated carbocycles. The first-order valence-corrected chi connectivity index (χ1v) is 9.73. The fourth-order valence-electron chi connectivity index (χ4n) is 3.35. The van der Waals surface area contributed by atoms with E-state index in [0.29, 0.717) is 22.7 Å². The van der Waals surface area contributed by atoms with Gasteiger partial charge in [0, 0.05) is 12.7 Å². The minimum atomic E-state index is -0.739. The van der Waals surface area contributed by atoms with Gasteiger partial charge in [-0.25, -0.2) is 9.69 Å². The first-order chi connectivity index (χ1) is 15.5. The Morgan fingerprint density at radius 3 is 2.09 bits per heavy atom. The summed E-state index contributed by atoms with van der Waals surface area (Å²) in [6.45, 7) is 0.118. The van der Waals surface area contributed by atoms with E-state index >= 15 is 0 Å². The summed E-state index contributed by atoms with van der Waals surface area (Å²) in [7, 11) is 5.84. The van der Waals surface area contributed by atoms with Crippen LogP contribution in [-0.4, -0.2) is 64.3 Å². The highest BCUT2D eigenvalue weighted by atomic mass is 16.5. The quantitative estimate of drug-likeness (QED) is 0.460. The van der Waals surface area contributed by atoms with Crippen LogP contribution >= 0.6 is 0 Å². The molecule has 1 saturated heterocycles. The molecule has 9 nitrogen and oxygen atoms in total. The smallest absolute Gasteiger partial charge is 0.338 e. The normalized spacial score (nSPS) is 15.4. The van der Waals surface area contributed by atoms with E-state index in [0.717, 1.165) is 9.80 Å². The largest absolute Gasteiger partial charge is 0.493 e. The summed E-state index contributed by atoms with van der Waals surface area (Å²) >= 11 is 0. The number of hydrogen-bond donors (Lipinski definition) is 0. The molecule has 0 spiro atoms. The second kappa shape index (κ2) is 9.97. The highest BCUT2D eigenvalue weighted by molar-refractivity contribution is 6.39. The molecule has 0 aliphatic carbocycles. The molecule has 0 N–H and O–H groups in total. The third-order valence-electron chi connectivity index (χ3n) is 4.90. The number of carbonyl (C=O) groups excluding carboxylic acids is 3. The van der Waals surface area contributed by atoms with Crippen molar-refractivity contribution >= 4 is 29.6 Å². The van der Waals surface area contributed by atoms with Crippen LogP contribution in [-0.2, 0) is 14.3 Å². The van der Waals surface area contributed by atoms with Crippen molar-refractivity contribution in [3.8, 4) is 17.2 Å². The van der Waals surface area contributed by atoms with Gasteiger partial charge in [-0.2, -0.15) is 0 Å². The Morgan fingerprint density at radius 1 is 0.812 bits per heavy atom. The van der Waals surface area contributed by atoms with Gasteiger partial charge in [0.15, 0.2) is 11.5 Å². The van der Waals surface area contributed by atoms with Gasteiger partial charge in [0.2, 0.25) is 5.75 Å². The van der Waals surface area contributed by atoms with Gasteiger partial charge in [0.05, 0.1) is 40.2 Å². The molecule has 1 fully saturated rings. The Bertz CT molecular complexity index is 1050. The zero-order valence-electron chi connectivity index (χ0n) is 18.3. The number of carbonyl (C=O) groups is 3. The molecule has 2 aromatic carbocycles. The summed E-state index contributed by atoms with van der Waals surface area (Å²) in [4.78, 5) is 41.4. The molecule has 4 amide bonds. The standard InChI is InChI=1S/C23H24N2O7/c1-29-13-12-24-21(26)17(22(27)25(23(24)28)16-8-6-5-7-9-16)14-15-10-11-18(30-2)20(32-4)19(15)31-3/h5-11,14H,12-13H2,1-4H3/b17-14-. The van der Waals surface area contributed by atoms with E-state index in [1.165, 1.54) is 34.5 Å². The van der Waals surface area contributed by atoms with Gasteiger partial charge in [-0.3, -0.25) is 14.5 Å². The maximum absolute atomic E-state index is 13.3. The molecule has 0 aromatic heterocycles. The zero-order valence-corrected chi connectivity index (χ0v) is 18.3. The first kappa shape index (κ1) is 22.8. The molecule has 9 heteroatoms. The Balaban J connectivity index is 2.15. The summed E-state index contributed by atoms with van der Waals surface area (Å²) in [5.74, 6) is -0.438. The summed E-state index contributed by atoms with van der Waals surface area (Å²) in [5, 5.41) is 0. The van der Waals surface area contributed by atoms with Gasteiger partial charge in [0.25, 0.3) is 11.8 Å². The highest BCUT2D eigenvalue weighted by Crippen LogP contribution is 2.41. The maximum atomic E-state index is 13.3. The molecular weight excluding hydrogens is 416 g/mol. The summed E-state index contributed by atoms with van der Waals surface area (Å²) in [6.07, 6.45) is 1.38. The molecule has 2 aromatic rings. The number of para-hydroxylation sites is 1. The number of hydrogen-bond acceptors (Lipinski definition) is 7. The topological polar surface area (TPSA) is 94.6 Å². The van der Waals surface area contributed by atoms with Crippen molar-refractivity contribution in [2.24, 2.45) is 0 Å². The van der Waals surface area contributed by atoms with E-state index in [1.807, 2.05) is 0 Å². The van der Waals surface area contributed by atoms with Crippen molar-refractivity contribution < 1.29 is 33.3 Å². The van der Waals surface area contributed by atoms with Crippen LogP contribution in [0.25, 0.3) is 6.08 Å². The number of benzene rings is 2. The van der Waals surface area contributed by atoms with Crippen molar-refractivity contribution in [2.75, 3.05) is 46.5 Å². The number of nitrogens with zero attached hydrogens (tertiary/aromatic N) is 2. The Labute approximate surface area is 185 Å². The Kier molecular flexibility index (Phi) is 7.11. The predicted molar refractivity (Wildman–Crippen MR) is 117 cm³/mol. The second-order valence-electron chi connectivity index (χ2n) is 6.69. The highest BCUT2D eigenvalue weighted by Gasteiger charge is 2.42. The van der Waals surface area contributed by atoms with Crippen molar-refractivity contribution in [1.82, 2.24) is 4.90 Å². The van der Waals surface area contributed by atoms with Crippen LogP contribution < -0.4 is 19.1 Å². The number of urea groups is 1. The van der Waals surface area contributed by atoms with Crippen LogP contribution in [0.2, 0.25) is 0 Å². The lowest BCUT2D eigenvalue weighted by atomic mass is 10.0. The molecular formula is C23H24N2O7. The van der Waals surface area contributed by atoms with Crippen LogP contribution in [0.15, 0.2) is 48.0 Å². The number of amides is 4. The maximum Gasteiger partial charge on any atom is 0.338 e. The minimum absolute atomic E-state index is 0.00874. The molecule has 32 heavy (non-hydrogen) atoms. The Morgan fingerprint density at radius 2 is 1.50 bits per heavy atom. The lowest BCUT2D eigenvalue weighted by Crippen LogP contribution is -2.57. The van der Waals surface area contributed by atoms with E-state index in [2.05, 4.69) is 0 Å². The Hall–Kier alpha value is -3.85. The number of anilines is 1. The minimum Gasteiger partial charge on any atom is -0.493 e. The lowest BCUT2D eigenvalue weighted by molar-refractivity contribution is -0.129. The molecule has 3 rings (SSSR count). The average molecular weight is 440 g/mol. The predicted octanol–water partition coefficient (Wildman–Crippen LogP) is 2.74. The van der Waals surface area contributed by atoms with Gasteiger partial charge in [0.1, 0.15) is 5.57 Å². The fourth-order valence-corrected chi connectivity index (χ4v) is 3.35. The van der Waals surface area contributed by atoms with Gasteiger partial charge in [-0.05, 0) is 30.3 Å². The van der Waals surface area contributed by atoms with Crippen LogP contribution in [0.1, 0.15) is 5.56 Å². The number of barbiturate groups is 1. The van der Waals surface area contributed by atoms with Gasteiger partial charge < -0.3 is 18.9 Å². The summed E-state index contributed by atoms with van der Waals surface area (Å²) in [5.41, 5.74) is 0.563.